The Balaban J connectivity index is 3.14. The SMILES string of the molecule is C=C(CCN)c1c(F)cc(F)cc1F. The third-order valence-electron chi connectivity index (χ3n) is 1.81. The first kappa shape index (κ1) is 10.8. The van der Waals surface area contributed by atoms with Crippen LogP contribution in [-0.4, -0.2) is 6.54 Å². The largest absolute Gasteiger partial charge is 0.330 e. The van der Waals surface area contributed by atoms with E-state index in [2.05, 4.69) is 6.58 Å². The summed E-state index contributed by atoms with van der Waals surface area (Å²) in [6.07, 6.45) is 0.277. The number of hydrogen-bond acceptors (Lipinski definition) is 1. The Morgan fingerprint density at radius 1 is 1.21 bits per heavy atom. The number of halogens is 3. The molecule has 0 atom stereocenters. The second-order valence-corrected chi connectivity index (χ2v) is 2.89. The van der Waals surface area contributed by atoms with Crippen LogP contribution in [0.3, 0.4) is 0 Å². The molecule has 4 heteroatoms. The molecule has 1 aromatic carbocycles. The lowest BCUT2D eigenvalue weighted by Crippen LogP contribution is -2.02. The van der Waals surface area contributed by atoms with E-state index in [1.807, 2.05) is 0 Å². The molecule has 14 heavy (non-hydrogen) atoms. The van der Waals surface area contributed by atoms with E-state index in [-0.39, 0.29) is 24.1 Å². The van der Waals surface area contributed by atoms with Crippen LogP contribution in [0.25, 0.3) is 5.57 Å². The normalized spacial score (nSPS) is 10.3. The fourth-order valence-corrected chi connectivity index (χ4v) is 1.18. The summed E-state index contributed by atoms with van der Waals surface area (Å²) in [5, 5.41) is 0. The lowest BCUT2D eigenvalue weighted by atomic mass is 10.0. The highest BCUT2D eigenvalue weighted by Gasteiger charge is 2.13. The van der Waals surface area contributed by atoms with Crippen LogP contribution < -0.4 is 5.73 Å². The van der Waals surface area contributed by atoms with Crippen molar-refractivity contribution in [2.24, 2.45) is 5.73 Å². The highest BCUT2D eigenvalue weighted by atomic mass is 19.1. The average molecular weight is 201 g/mol. The molecule has 0 aliphatic carbocycles. The van der Waals surface area contributed by atoms with Crippen LogP contribution in [0.1, 0.15) is 12.0 Å². The molecule has 0 unspecified atom stereocenters. The summed E-state index contributed by atoms with van der Waals surface area (Å²) in [5.74, 6) is -2.83. The molecule has 1 aromatic rings. The molecule has 0 aromatic heterocycles. The Morgan fingerprint density at radius 2 is 1.71 bits per heavy atom. The van der Waals surface area contributed by atoms with Crippen LogP contribution in [-0.2, 0) is 0 Å². The maximum Gasteiger partial charge on any atom is 0.136 e. The first-order chi connectivity index (χ1) is 6.56. The molecule has 0 spiro atoms. The van der Waals surface area contributed by atoms with E-state index in [0.29, 0.717) is 12.1 Å². The van der Waals surface area contributed by atoms with Gasteiger partial charge in [-0.25, -0.2) is 13.2 Å². The van der Waals surface area contributed by atoms with Gasteiger partial charge < -0.3 is 5.73 Å². The van der Waals surface area contributed by atoms with Gasteiger partial charge in [-0.05, 0) is 18.5 Å². The predicted octanol–water partition coefficient (Wildman–Crippen LogP) is 2.47. The van der Waals surface area contributed by atoms with Gasteiger partial charge in [0.05, 0.1) is 0 Å². The molecule has 0 aliphatic rings. The summed E-state index contributed by atoms with van der Waals surface area (Å²) in [7, 11) is 0. The molecule has 0 aliphatic heterocycles. The minimum absolute atomic E-state index is 0.238. The predicted molar refractivity (Wildman–Crippen MR) is 49.0 cm³/mol. The first-order valence-electron chi connectivity index (χ1n) is 4.09. The lowest BCUT2D eigenvalue weighted by molar-refractivity contribution is 0.538. The van der Waals surface area contributed by atoms with Gasteiger partial charge in [-0.15, -0.1) is 0 Å². The molecule has 1 rings (SSSR count). The van der Waals surface area contributed by atoms with Crippen molar-refractivity contribution in [1.29, 1.82) is 0 Å². The molecule has 0 amide bonds. The van der Waals surface area contributed by atoms with Gasteiger partial charge in [-0.1, -0.05) is 6.58 Å². The Labute approximate surface area is 80.0 Å². The zero-order chi connectivity index (χ0) is 10.7. The minimum Gasteiger partial charge on any atom is -0.330 e. The topological polar surface area (TPSA) is 26.0 Å². The van der Waals surface area contributed by atoms with Crippen molar-refractivity contribution in [2.75, 3.05) is 6.54 Å². The van der Waals surface area contributed by atoms with Crippen molar-refractivity contribution >= 4 is 5.57 Å². The molecule has 2 N–H and O–H groups in total. The van der Waals surface area contributed by atoms with Gasteiger partial charge >= 0.3 is 0 Å². The van der Waals surface area contributed by atoms with E-state index < -0.39 is 17.5 Å². The molecule has 0 bridgehead atoms. The van der Waals surface area contributed by atoms with E-state index in [9.17, 15) is 13.2 Å². The highest BCUT2D eigenvalue weighted by molar-refractivity contribution is 5.64. The van der Waals surface area contributed by atoms with Crippen molar-refractivity contribution < 1.29 is 13.2 Å². The summed E-state index contributed by atoms with van der Waals surface area (Å²) in [5.41, 5.74) is 5.17. The minimum atomic E-state index is -0.944. The van der Waals surface area contributed by atoms with Crippen LogP contribution in [0.5, 0.6) is 0 Å². The van der Waals surface area contributed by atoms with E-state index in [1.54, 1.807) is 0 Å². The maximum atomic E-state index is 13.1. The number of nitrogens with two attached hydrogens (primary N) is 1. The number of benzene rings is 1. The van der Waals surface area contributed by atoms with E-state index in [4.69, 9.17) is 5.73 Å². The maximum absolute atomic E-state index is 13.1. The lowest BCUT2D eigenvalue weighted by Gasteiger charge is -2.07. The van der Waals surface area contributed by atoms with Crippen molar-refractivity contribution in [3.8, 4) is 0 Å². The summed E-state index contributed by atoms with van der Waals surface area (Å²) in [6, 6.07) is 1.25. The zero-order valence-electron chi connectivity index (χ0n) is 7.49. The molecule has 0 heterocycles. The second kappa shape index (κ2) is 4.28. The van der Waals surface area contributed by atoms with Crippen molar-refractivity contribution in [1.82, 2.24) is 0 Å². The van der Waals surface area contributed by atoms with E-state index in [0.717, 1.165) is 0 Å². The third kappa shape index (κ3) is 2.14. The van der Waals surface area contributed by atoms with Crippen LogP contribution in [0.15, 0.2) is 18.7 Å². The Hall–Kier alpha value is -1.29. The van der Waals surface area contributed by atoms with Crippen LogP contribution in [0.2, 0.25) is 0 Å². The molecule has 76 valence electrons. The molecule has 0 radical (unpaired) electrons. The quantitative estimate of drug-likeness (QED) is 0.798. The second-order valence-electron chi connectivity index (χ2n) is 2.89. The monoisotopic (exact) mass is 201 g/mol. The van der Waals surface area contributed by atoms with Crippen molar-refractivity contribution in [3.05, 3.63) is 41.7 Å². The molecular weight excluding hydrogens is 191 g/mol. The molecular formula is C10H10F3N. The smallest absolute Gasteiger partial charge is 0.136 e. The number of hydrogen-bond donors (Lipinski definition) is 1. The van der Waals surface area contributed by atoms with E-state index in [1.165, 1.54) is 0 Å². The van der Waals surface area contributed by atoms with Crippen LogP contribution in [0, 0.1) is 17.5 Å². The average Bonchev–Trinajstić information content (AvgIpc) is 2.01. The highest BCUT2D eigenvalue weighted by Crippen LogP contribution is 2.23. The standard InChI is InChI=1S/C10H10F3N/c1-6(2-3-14)10-8(12)4-7(11)5-9(10)13/h4-5H,1-3,14H2. The Bertz CT molecular complexity index is 337. The third-order valence-corrected chi connectivity index (χ3v) is 1.81. The van der Waals surface area contributed by atoms with Crippen LogP contribution in [0.4, 0.5) is 13.2 Å². The number of rotatable bonds is 3. The summed E-state index contributed by atoms with van der Waals surface area (Å²) in [6.45, 7) is 3.73. The first-order valence-corrected chi connectivity index (χ1v) is 4.09. The van der Waals surface area contributed by atoms with Gasteiger partial charge in [0, 0.05) is 17.7 Å². The van der Waals surface area contributed by atoms with Gasteiger partial charge in [0.1, 0.15) is 17.5 Å². The Kier molecular flexibility index (Phi) is 3.30. The van der Waals surface area contributed by atoms with E-state index >= 15 is 0 Å². The summed E-state index contributed by atoms with van der Waals surface area (Å²) in [4.78, 5) is 0. The summed E-state index contributed by atoms with van der Waals surface area (Å²) >= 11 is 0. The fraction of sp³-hybridized carbons (Fsp3) is 0.200. The van der Waals surface area contributed by atoms with Crippen molar-refractivity contribution in [2.45, 2.75) is 6.42 Å². The zero-order valence-corrected chi connectivity index (χ0v) is 7.49. The molecule has 0 saturated heterocycles. The van der Waals surface area contributed by atoms with Crippen molar-refractivity contribution in [3.63, 3.8) is 0 Å². The van der Waals surface area contributed by atoms with Gasteiger partial charge in [-0.2, -0.15) is 0 Å². The Morgan fingerprint density at radius 3 is 2.14 bits per heavy atom. The summed E-state index contributed by atoms with van der Waals surface area (Å²) < 4.78 is 38.7. The molecule has 0 fully saturated rings. The molecule has 1 nitrogen and oxygen atoms in total. The van der Waals surface area contributed by atoms with Gasteiger partial charge in [0.2, 0.25) is 0 Å². The van der Waals surface area contributed by atoms with Gasteiger partial charge in [0.15, 0.2) is 0 Å². The molecule has 0 saturated carbocycles. The fourth-order valence-electron chi connectivity index (χ4n) is 1.18. The van der Waals surface area contributed by atoms with Gasteiger partial charge in [0.25, 0.3) is 0 Å². The van der Waals surface area contributed by atoms with Gasteiger partial charge in [-0.3, -0.25) is 0 Å². The van der Waals surface area contributed by atoms with Crippen LogP contribution >= 0.6 is 0 Å².